The predicted octanol–water partition coefficient (Wildman–Crippen LogP) is 8.41. The van der Waals surface area contributed by atoms with Crippen LogP contribution in [0.3, 0.4) is 0 Å². The highest BCUT2D eigenvalue weighted by Gasteiger charge is 2.18. The monoisotopic (exact) mass is 594 g/mol. The Balaban J connectivity index is 1.36. The van der Waals surface area contributed by atoms with Gasteiger partial charge in [0.15, 0.2) is 0 Å². The summed E-state index contributed by atoms with van der Waals surface area (Å²) in [5, 5.41) is 2.97. The van der Waals surface area contributed by atoms with Crippen molar-refractivity contribution in [2.24, 2.45) is 0 Å². The Morgan fingerprint density at radius 1 is 0.814 bits per heavy atom. The number of carbonyl (C=O) groups excluding carboxylic acids is 3. The summed E-state index contributed by atoms with van der Waals surface area (Å²) in [6.45, 7) is 4.27. The van der Waals surface area contributed by atoms with Gasteiger partial charge in [0.25, 0.3) is 11.8 Å². The number of hydrogen-bond acceptors (Lipinski definition) is 5. The van der Waals surface area contributed by atoms with Gasteiger partial charge in [0.1, 0.15) is 0 Å². The largest absolute Gasteiger partial charge is 0.466 e. The maximum atomic E-state index is 13.4. The molecular weight excluding hydrogens is 556 g/mol. The van der Waals surface area contributed by atoms with E-state index in [4.69, 9.17) is 4.74 Å². The van der Waals surface area contributed by atoms with Gasteiger partial charge >= 0.3 is 5.97 Å². The van der Waals surface area contributed by atoms with Crippen LogP contribution in [0.1, 0.15) is 58.9 Å². The molecule has 1 N–H and O–H groups in total. The zero-order chi connectivity index (χ0) is 30.6. The second kappa shape index (κ2) is 15.8. The molecule has 0 fully saturated rings. The number of rotatable bonds is 13. The van der Waals surface area contributed by atoms with Gasteiger partial charge in [-0.1, -0.05) is 66.6 Å². The zero-order valence-electron chi connectivity index (χ0n) is 25.0. The summed E-state index contributed by atoms with van der Waals surface area (Å²) in [5.74, 6) is 0.410. The summed E-state index contributed by atoms with van der Waals surface area (Å²) in [6.07, 6.45) is 3.19. The Labute approximate surface area is 258 Å². The number of ether oxygens (including phenoxy) is 1. The minimum absolute atomic E-state index is 0.134. The van der Waals surface area contributed by atoms with Crippen molar-refractivity contribution in [3.05, 3.63) is 114 Å². The number of unbranched alkanes of at least 4 members (excludes halogenated alkanes) is 2. The first-order valence-electron chi connectivity index (χ1n) is 14.6. The lowest BCUT2D eigenvalue weighted by atomic mass is 9.98. The highest BCUT2D eigenvalue weighted by molar-refractivity contribution is 7.99. The van der Waals surface area contributed by atoms with Crippen LogP contribution in [0.5, 0.6) is 0 Å². The Morgan fingerprint density at radius 2 is 1.51 bits per heavy atom. The van der Waals surface area contributed by atoms with Crippen molar-refractivity contribution in [2.75, 3.05) is 29.6 Å². The number of amides is 2. The number of nitrogens with zero attached hydrogens (tertiary/aromatic N) is 1. The van der Waals surface area contributed by atoms with Crippen molar-refractivity contribution in [1.82, 2.24) is 0 Å². The summed E-state index contributed by atoms with van der Waals surface area (Å²) in [5.41, 5.74) is 5.57. The highest BCUT2D eigenvalue weighted by Crippen LogP contribution is 2.31. The van der Waals surface area contributed by atoms with E-state index in [1.165, 1.54) is 0 Å². The Kier molecular flexibility index (Phi) is 11.6. The maximum Gasteiger partial charge on any atom is 0.305 e. The van der Waals surface area contributed by atoms with Crippen LogP contribution in [-0.4, -0.2) is 37.2 Å². The molecule has 43 heavy (non-hydrogen) atoms. The molecule has 0 bridgehead atoms. The van der Waals surface area contributed by atoms with Crippen molar-refractivity contribution in [1.29, 1.82) is 0 Å². The molecule has 0 unspecified atom stereocenters. The third-order valence-corrected chi connectivity index (χ3v) is 8.19. The Hall–Kier alpha value is -4.36. The third-order valence-electron chi connectivity index (χ3n) is 7.04. The van der Waals surface area contributed by atoms with E-state index in [0.29, 0.717) is 29.8 Å². The van der Waals surface area contributed by atoms with E-state index in [1.54, 1.807) is 48.0 Å². The van der Waals surface area contributed by atoms with E-state index in [2.05, 4.69) is 5.32 Å². The Morgan fingerprint density at radius 3 is 2.26 bits per heavy atom. The van der Waals surface area contributed by atoms with E-state index in [0.717, 1.165) is 52.3 Å². The van der Waals surface area contributed by atoms with Gasteiger partial charge in [-0.15, -0.1) is 11.8 Å². The number of anilines is 2. The summed E-state index contributed by atoms with van der Waals surface area (Å²) >= 11 is 1.71. The zero-order valence-corrected chi connectivity index (χ0v) is 25.8. The van der Waals surface area contributed by atoms with Gasteiger partial charge in [0.2, 0.25) is 0 Å². The van der Waals surface area contributed by atoms with Crippen LogP contribution in [0.25, 0.3) is 11.1 Å². The molecule has 0 atom stereocenters. The summed E-state index contributed by atoms with van der Waals surface area (Å²) in [7, 11) is 1.78. The topological polar surface area (TPSA) is 75.7 Å². The van der Waals surface area contributed by atoms with E-state index in [9.17, 15) is 14.4 Å². The molecule has 6 nitrogen and oxygen atoms in total. The molecule has 0 saturated heterocycles. The average molecular weight is 595 g/mol. The first-order valence-corrected chi connectivity index (χ1v) is 15.6. The fourth-order valence-electron chi connectivity index (χ4n) is 4.68. The normalized spacial score (nSPS) is 10.7. The fourth-order valence-corrected chi connectivity index (χ4v) is 5.78. The lowest BCUT2D eigenvalue weighted by molar-refractivity contribution is -0.143. The second-order valence-corrected chi connectivity index (χ2v) is 11.4. The number of thioether (sulfide) groups is 1. The number of para-hydroxylation sites is 1. The molecule has 2 amide bonds. The highest BCUT2D eigenvalue weighted by atomic mass is 32.2. The molecule has 0 heterocycles. The van der Waals surface area contributed by atoms with E-state index in [1.807, 2.05) is 86.6 Å². The minimum Gasteiger partial charge on any atom is -0.466 e. The Bertz CT molecular complexity index is 1530. The fraction of sp³-hybridized carbons (Fsp3) is 0.250. The number of benzene rings is 4. The van der Waals surface area contributed by atoms with Gasteiger partial charge in [-0.2, -0.15) is 0 Å². The standard InChI is InChI=1S/C36H38N2O4S/c1-4-42-34(39)16-6-5-11-25-43-33-15-10-9-14-32(33)38(3)36(41)28-21-23-29(24-22-28)37-35(40)31-13-8-7-12-30(31)27-19-17-26(2)18-20-27/h7-10,12-15,17-24H,4-6,11,16,25H2,1-3H3,(H,37,40). The van der Waals surface area contributed by atoms with Gasteiger partial charge in [-0.3, -0.25) is 14.4 Å². The van der Waals surface area contributed by atoms with Crippen molar-refractivity contribution in [2.45, 2.75) is 44.4 Å². The molecular formula is C36H38N2O4S. The first kappa shape index (κ1) is 31.6. The van der Waals surface area contributed by atoms with Crippen LogP contribution in [0.4, 0.5) is 11.4 Å². The van der Waals surface area contributed by atoms with Crippen LogP contribution >= 0.6 is 11.8 Å². The van der Waals surface area contributed by atoms with Crippen molar-refractivity contribution >= 4 is 40.9 Å². The van der Waals surface area contributed by atoms with Crippen molar-refractivity contribution < 1.29 is 19.1 Å². The molecule has 0 spiro atoms. The lowest BCUT2D eigenvalue weighted by Gasteiger charge is -2.21. The average Bonchev–Trinajstić information content (AvgIpc) is 3.03. The van der Waals surface area contributed by atoms with Gasteiger partial charge in [-0.25, -0.2) is 0 Å². The van der Waals surface area contributed by atoms with Gasteiger partial charge in [0, 0.05) is 35.2 Å². The molecule has 4 aromatic rings. The summed E-state index contributed by atoms with van der Waals surface area (Å²) in [4.78, 5) is 40.8. The van der Waals surface area contributed by atoms with E-state index in [-0.39, 0.29) is 17.8 Å². The van der Waals surface area contributed by atoms with Crippen molar-refractivity contribution in [3.63, 3.8) is 0 Å². The number of nitrogens with one attached hydrogen (secondary N) is 1. The van der Waals surface area contributed by atoms with Gasteiger partial charge < -0.3 is 15.0 Å². The van der Waals surface area contributed by atoms with Gasteiger partial charge in [-0.05, 0) is 86.0 Å². The van der Waals surface area contributed by atoms with Crippen LogP contribution in [-0.2, 0) is 9.53 Å². The van der Waals surface area contributed by atoms with Crippen molar-refractivity contribution in [3.8, 4) is 11.1 Å². The maximum absolute atomic E-state index is 13.4. The molecule has 0 aromatic heterocycles. The quantitative estimate of drug-likeness (QED) is 0.0956. The number of aryl methyl sites for hydroxylation is 1. The minimum atomic E-state index is -0.209. The van der Waals surface area contributed by atoms with E-state index >= 15 is 0 Å². The molecule has 0 saturated carbocycles. The van der Waals surface area contributed by atoms with Crippen LogP contribution in [0, 0.1) is 6.92 Å². The number of hydrogen-bond donors (Lipinski definition) is 1. The smallest absolute Gasteiger partial charge is 0.305 e. The first-order chi connectivity index (χ1) is 20.9. The molecule has 0 radical (unpaired) electrons. The third kappa shape index (κ3) is 8.82. The summed E-state index contributed by atoms with van der Waals surface area (Å²) < 4.78 is 4.98. The van der Waals surface area contributed by atoms with Crippen LogP contribution in [0.15, 0.2) is 102 Å². The second-order valence-electron chi connectivity index (χ2n) is 10.2. The van der Waals surface area contributed by atoms with Gasteiger partial charge in [0.05, 0.1) is 12.3 Å². The van der Waals surface area contributed by atoms with Crippen LogP contribution in [0.2, 0.25) is 0 Å². The molecule has 0 aliphatic heterocycles. The molecule has 0 aliphatic rings. The predicted molar refractivity (Wildman–Crippen MR) is 176 cm³/mol. The number of carbonyl (C=O) groups is 3. The number of esters is 1. The molecule has 4 aromatic carbocycles. The molecule has 0 aliphatic carbocycles. The summed E-state index contributed by atoms with van der Waals surface area (Å²) in [6, 6.07) is 30.5. The van der Waals surface area contributed by atoms with Crippen LogP contribution < -0.4 is 10.2 Å². The SMILES string of the molecule is CCOC(=O)CCCCCSc1ccccc1N(C)C(=O)c1ccc(NC(=O)c2ccccc2-c2ccc(C)cc2)cc1. The molecule has 222 valence electrons. The molecule has 4 rings (SSSR count). The molecule has 7 heteroatoms. The lowest BCUT2D eigenvalue weighted by Crippen LogP contribution is -2.26. The van der Waals surface area contributed by atoms with E-state index < -0.39 is 0 Å².